The third kappa shape index (κ3) is 3.58. The molecule has 0 fully saturated rings. The Morgan fingerprint density at radius 1 is 1.00 bits per heavy atom. The molecule has 0 aliphatic carbocycles. The number of thiol groups is 1. The number of nitrogens with one attached hydrogen (secondary N) is 1. The van der Waals surface area contributed by atoms with Gasteiger partial charge in [0, 0.05) is 0 Å². The second-order valence-electron chi connectivity index (χ2n) is 2.80. The summed E-state index contributed by atoms with van der Waals surface area (Å²) in [7, 11) is 0. The van der Waals surface area contributed by atoms with Gasteiger partial charge >= 0.3 is 5.51 Å². The molecular formula is C9H6F3NO2S. The van der Waals surface area contributed by atoms with E-state index in [1.165, 1.54) is 0 Å². The lowest BCUT2D eigenvalue weighted by atomic mass is 10.1. The third-order valence-electron chi connectivity index (χ3n) is 1.64. The van der Waals surface area contributed by atoms with Gasteiger partial charge in [0.25, 0.3) is 11.8 Å². The van der Waals surface area contributed by atoms with Crippen molar-refractivity contribution in [2.45, 2.75) is 5.51 Å². The second-order valence-corrected chi connectivity index (χ2v) is 3.30. The minimum Gasteiger partial charge on any atom is -0.288 e. The van der Waals surface area contributed by atoms with Gasteiger partial charge in [0.2, 0.25) is 0 Å². The fourth-order valence-electron chi connectivity index (χ4n) is 1.12. The van der Waals surface area contributed by atoms with E-state index in [4.69, 9.17) is 0 Å². The van der Waals surface area contributed by atoms with Crippen LogP contribution in [0.4, 0.5) is 13.2 Å². The van der Waals surface area contributed by atoms with Crippen molar-refractivity contribution < 1.29 is 22.8 Å². The summed E-state index contributed by atoms with van der Waals surface area (Å²) in [6.07, 6.45) is 0. The molecule has 1 aliphatic rings. The molecule has 0 spiro atoms. The number of carbonyl (C=O) groups excluding carboxylic acids is 2. The zero-order valence-corrected chi connectivity index (χ0v) is 8.60. The highest BCUT2D eigenvalue weighted by molar-refractivity contribution is 7.81. The van der Waals surface area contributed by atoms with Gasteiger partial charge < -0.3 is 0 Å². The Hall–Kier alpha value is -1.50. The molecule has 0 saturated carbocycles. The number of alkyl halides is 3. The monoisotopic (exact) mass is 249 g/mol. The van der Waals surface area contributed by atoms with Crippen LogP contribution in [0.25, 0.3) is 0 Å². The van der Waals surface area contributed by atoms with E-state index in [0.717, 1.165) is 0 Å². The Balaban J connectivity index is 0.000000221. The van der Waals surface area contributed by atoms with E-state index in [-0.39, 0.29) is 11.8 Å². The standard InChI is InChI=1S/C8H5NO2.CHF3S/c10-7-5-3-1-2-4-6(5)8(11)9-7;2-1(3,4)5/h1-4H,(H,9,10,11);5H. The van der Waals surface area contributed by atoms with Crippen LogP contribution in [0.15, 0.2) is 24.3 Å². The maximum atomic E-state index is 10.9. The van der Waals surface area contributed by atoms with Crippen molar-refractivity contribution in [3.8, 4) is 0 Å². The highest BCUT2D eigenvalue weighted by Gasteiger charge is 2.25. The highest BCUT2D eigenvalue weighted by atomic mass is 32.1. The fourth-order valence-corrected chi connectivity index (χ4v) is 1.12. The van der Waals surface area contributed by atoms with Gasteiger partial charge in [-0.1, -0.05) is 24.8 Å². The van der Waals surface area contributed by atoms with Crippen molar-refractivity contribution in [1.82, 2.24) is 5.32 Å². The Bertz CT molecular complexity index is 392. The molecular weight excluding hydrogens is 243 g/mol. The summed E-state index contributed by atoms with van der Waals surface area (Å²) >= 11 is 2.12. The Kier molecular flexibility index (Phi) is 3.58. The first kappa shape index (κ1) is 12.6. The average Bonchev–Trinajstić information content (AvgIpc) is 2.41. The molecule has 3 nitrogen and oxygen atoms in total. The van der Waals surface area contributed by atoms with Crippen LogP contribution in [-0.4, -0.2) is 17.3 Å². The van der Waals surface area contributed by atoms with Crippen LogP contribution < -0.4 is 5.32 Å². The van der Waals surface area contributed by atoms with E-state index >= 15 is 0 Å². The summed E-state index contributed by atoms with van der Waals surface area (Å²) < 4.78 is 30.7. The summed E-state index contributed by atoms with van der Waals surface area (Å²) in [5.41, 5.74) is -3.37. The fraction of sp³-hybridized carbons (Fsp3) is 0.111. The Labute approximate surface area is 94.1 Å². The van der Waals surface area contributed by atoms with Crippen LogP contribution in [0.3, 0.4) is 0 Å². The number of imide groups is 1. The summed E-state index contributed by atoms with van der Waals surface area (Å²) in [4.78, 5) is 21.9. The molecule has 2 rings (SSSR count). The van der Waals surface area contributed by atoms with Crippen molar-refractivity contribution >= 4 is 24.4 Å². The van der Waals surface area contributed by atoms with Crippen LogP contribution in [0.1, 0.15) is 20.7 Å². The summed E-state index contributed by atoms with van der Waals surface area (Å²) in [6, 6.07) is 6.74. The van der Waals surface area contributed by atoms with Crippen LogP contribution in [-0.2, 0) is 0 Å². The van der Waals surface area contributed by atoms with Crippen molar-refractivity contribution in [3.63, 3.8) is 0 Å². The second kappa shape index (κ2) is 4.56. The van der Waals surface area contributed by atoms with E-state index in [2.05, 4.69) is 17.9 Å². The van der Waals surface area contributed by atoms with Gasteiger partial charge in [0.05, 0.1) is 11.1 Å². The van der Waals surface area contributed by atoms with Crippen LogP contribution >= 0.6 is 12.6 Å². The molecule has 0 unspecified atom stereocenters. The minimum atomic E-state index is -4.31. The summed E-state index contributed by atoms with van der Waals surface area (Å²) in [5.74, 6) is -0.601. The number of hydrogen-bond donors (Lipinski definition) is 2. The van der Waals surface area contributed by atoms with E-state index in [1.807, 2.05) is 0 Å². The van der Waals surface area contributed by atoms with Crippen molar-refractivity contribution in [2.24, 2.45) is 0 Å². The molecule has 1 N–H and O–H groups in total. The molecule has 0 atom stereocenters. The molecule has 2 amide bonds. The summed E-state index contributed by atoms with van der Waals surface area (Å²) in [6.45, 7) is 0. The normalized spacial score (nSPS) is 13.8. The number of fused-ring (bicyclic) bond motifs is 1. The van der Waals surface area contributed by atoms with Crippen molar-refractivity contribution in [1.29, 1.82) is 0 Å². The Morgan fingerprint density at radius 2 is 1.31 bits per heavy atom. The molecule has 0 bridgehead atoms. The lowest BCUT2D eigenvalue weighted by Crippen LogP contribution is -2.19. The Morgan fingerprint density at radius 3 is 1.62 bits per heavy atom. The first-order valence-electron chi connectivity index (χ1n) is 4.03. The third-order valence-corrected chi connectivity index (χ3v) is 1.64. The molecule has 86 valence electrons. The van der Waals surface area contributed by atoms with Crippen LogP contribution in [0.2, 0.25) is 0 Å². The zero-order chi connectivity index (χ0) is 12.3. The molecule has 1 heterocycles. The molecule has 1 aliphatic heterocycles. The van der Waals surface area contributed by atoms with Crippen LogP contribution in [0, 0.1) is 0 Å². The van der Waals surface area contributed by atoms with Gasteiger partial charge in [-0.3, -0.25) is 14.9 Å². The molecule has 1 aromatic carbocycles. The maximum absolute atomic E-state index is 10.9. The molecule has 1 aromatic rings. The lowest BCUT2D eigenvalue weighted by molar-refractivity contribution is -0.0303. The lowest BCUT2D eigenvalue weighted by Gasteiger charge is -1.88. The molecule has 0 radical (unpaired) electrons. The van der Waals surface area contributed by atoms with Gasteiger partial charge in [0.15, 0.2) is 0 Å². The molecule has 16 heavy (non-hydrogen) atoms. The summed E-state index contributed by atoms with van der Waals surface area (Å²) in [5, 5.41) is 2.20. The van der Waals surface area contributed by atoms with E-state index in [9.17, 15) is 22.8 Å². The number of carbonyl (C=O) groups is 2. The number of rotatable bonds is 0. The minimum absolute atomic E-state index is 0.300. The SMILES string of the molecule is FC(F)(F)S.O=C1NC(=O)c2ccccc21. The smallest absolute Gasteiger partial charge is 0.288 e. The number of benzene rings is 1. The van der Waals surface area contributed by atoms with E-state index in [0.29, 0.717) is 11.1 Å². The van der Waals surface area contributed by atoms with Gasteiger partial charge in [-0.2, -0.15) is 13.2 Å². The van der Waals surface area contributed by atoms with E-state index < -0.39 is 5.51 Å². The van der Waals surface area contributed by atoms with E-state index in [1.54, 1.807) is 24.3 Å². The highest BCUT2D eigenvalue weighted by Crippen LogP contribution is 2.17. The molecule has 0 aromatic heterocycles. The van der Waals surface area contributed by atoms with Gasteiger partial charge in [-0.05, 0) is 12.1 Å². The van der Waals surface area contributed by atoms with Gasteiger partial charge in [-0.25, -0.2) is 0 Å². The predicted molar refractivity (Wildman–Crippen MR) is 53.3 cm³/mol. The quantitative estimate of drug-likeness (QED) is 0.545. The topological polar surface area (TPSA) is 46.2 Å². The van der Waals surface area contributed by atoms with Gasteiger partial charge in [0.1, 0.15) is 0 Å². The number of amides is 2. The number of halogens is 3. The first-order valence-corrected chi connectivity index (χ1v) is 4.47. The zero-order valence-electron chi connectivity index (χ0n) is 7.71. The largest absolute Gasteiger partial charge is 0.438 e. The van der Waals surface area contributed by atoms with Gasteiger partial charge in [-0.15, -0.1) is 0 Å². The number of hydrogen-bond acceptors (Lipinski definition) is 3. The van der Waals surface area contributed by atoms with Crippen LogP contribution in [0.5, 0.6) is 0 Å². The predicted octanol–water partition coefficient (Wildman–Crippen LogP) is 2.01. The average molecular weight is 249 g/mol. The maximum Gasteiger partial charge on any atom is 0.438 e. The molecule has 0 saturated heterocycles. The van der Waals surface area contributed by atoms with Crippen molar-refractivity contribution in [2.75, 3.05) is 0 Å². The first-order chi connectivity index (χ1) is 7.29. The van der Waals surface area contributed by atoms with Crippen molar-refractivity contribution in [3.05, 3.63) is 35.4 Å². The molecule has 7 heteroatoms.